The molecule has 0 aliphatic carbocycles. The van der Waals surface area contributed by atoms with Gasteiger partial charge in [0.05, 0.1) is 13.5 Å². The van der Waals surface area contributed by atoms with Gasteiger partial charge in [-0.2, -0.15) is 5.06 Å². The first kappa shape index (κ1) is 21.0. The van der Waals surface area contributed by atoms with Crippen LogP contribution in [0.1, 0.15) is 29.5 Å². The number of benzene rings is 2. The second-order valence-electron chi connectivity index (χ2n) is 7.67. The van der Waals surface area contributed by atoms with Crippen molar-refractivity contribution in [3.8, 4) is 0 Å². The van der Waals surface area contributed by atoms with Crippen LogP contribution in [0.25, 0.3) is 0 Å². The molecular formula is C23H29N3O3. The van der Waals surface area contributed by atoms with E-state index in [4.69, 9.17) is 4.84 Å². The number of carbonyl (C=O) groups excluding carboxylic acids is 2. The zero-order chi connectivity index (χ0) is 20.9. The molecule has 0 radical (unpaired) electrons. The summed E-state index contributed by atoms with van der Waals surface area (Å²) >= 11 is 0. The minimum absolute atomic E-state index is 0.146. The normalized spacial score (nSPS) is 16.2. The fraction of sp³-hybridized carbons (Fsp3) is 0.391. The molecule has 2 aromatic carbocycles. The van der Waals surface area contributed by atoms with Gasteiger partial charge in [-0.05, 0) is 49.9 Å². The highest BCUT2D eigenvalue weighted by molar-refractivity contribution is 6.00. The molecule has 1 saturated heterocycles. The van der Waals surface area contributed by atoms with Crippen LogP contribution in [0.15, 0.2) is 48.5 Å². The third kappa shape index (κ3) is 5.22. The van der Waals surface area contributed by atoms with Crippen LogP contribution in [0.3, 0.4) is 0 Å². The number of hydroxylamine groups is 2. The van der Waals surface area contributed by atoms with Gasteiger partial charge in [0.25, 0.3) is 0 Å². The van der Waals surface area contributed by atoms with Crippen molar-refractivity contribution in [2.75, 3.05) is 25.5 Å². The van der Waals surface area contributed by atoms with Crippen molar-refractivity contribution in [3.05, 3.63) is 65.2 Å². The maximum Gasteiger partial charge on any atom is 0.250 e. The number of hydrogen-bond donors (Lipinski definition) is 2. The summed E-state index contributed by atoms with van der Waals surface area (Å²) in [5.41, 5.74) is 2.93. The fourth-order valence-corrected chi connectivity index (χ4v) is 3.71. The fourth-order valence-electron chi connectivity index (χ4n) is 3.71. The van der Waals surface area contributed by atoms with Gasteiger partial charge in [-0.1, -0.05) is 42.0 Å². The van der Waals surface area contributed by atoms with E-state index >= 15 is 0 Å². The van der Waals surface area contributed by atoms with E-state index in [1.54, 1.807) is 7.11 Å². The average molecular weight is 396 g/mol. The Morgan fingerprint density at radius 1 is 1.07 bits per heavy atom. The Hall–Kier alpha value is -2.70. The lowest BCUT2D eigenvalue weighted by Crippen LogP contribution is -2.61. The van der Waals surface area contributed by atoms with Crippen LogP contribution in [-0.2, 0) is 20.8 Å². The van der Waals surface area contributed by atoms with Gasteiger partial charge in [-0.25, -0.2) is 0 Å². The molecule has 6 heteroatoms. The minimum atomic E-state index is -0.959. The molecule has 0 aromatic heterocycles. The van der Waals surface area contributed by atoms with Crippen molar-refractivity contribution in [1.82, 2.24) is 10.4 Å². The van der Waals surface area contributed by atoms with Gasteiger partial charge < -0.3 is 15.5 Å². The number of rotatable bonds is 6. The molecule has 29 heavy (non-hydrogen) atoms. The van der Waals surface area contributed by atoms with Crippen LogP contribution in [0.2, 0.25) is 0 Å². The molecule has 1 heterocycles. The molecule has 154 valence electrons. The average Bonchev–Trinajstić information content (AvgIpc) is 2.72. The van der Waals surface area contributed by atoms with Crippen molar-refractivity contribution in [1.29, 1.82) is 0 Å². The zero-order valence-electron chi connectivity index (χ0n) is 17.3. The monoisotopic (exact) mass is 395 g/mol. The van der Waals surface area contributed by atoms with Crippen LogP contribution in [0.4, 0.5) is 5.69 Å². The maximum absolute atomic E-state index is 13.2. The summed E-state index contributed by atoms with van der Waals surface area (Å²) < 4.78 is 0. The summed E-state index contributed by atoms with van der Waals surface area (Å²) in [6, 6.07) is 15.4. The highest BCUT2D eigenvalue weighted by Gasteiger charge is 2.43. The molecule has 2 N–H and O–H groups in total. The third-order valence-electron chi connectivity index (χ3n) is 5.53. The standard InChI is InChI=1S/C23H29N3O3/c1-17-9-10-18(2)19(15-17)16-21(27)25-23(11-13-26(29-3)14-12-23)22(28)24-20-7-5-4-6-8-20/h4-10,15H,11-14,16H2,1-3H3,(H,24,28)(H,25,27). The molecule has 0 spiro atoms. The number of anilines is 1. The van der Waals surface area contributed by atoms with Crippen LogP contribution in [-0.4, -0.2) is 42.6 Å². The number of hydrogen-bond acceptors (Lipinski definition) is 4. The van der Waals surface area contributed by atoms with Gasteiger partial charge >= 0.3 is 0 Å². The van der Waals surface area contributed by atoms with Crippen LogP contribution in [0, 0.1) is 13.8 Å². The molecule has 1 aliphatic rings. The number of piperidine rings is 1. The van der Waals surface area contributed by atoms with E-state index in [0.717, 1.165) is 22.4 Å². The summed E-state index contributed by atoms with van der Waals surface area (Å²) in [7, 11) is 1.62. The Bertz CT molecular complexity index is 859. The van der Waals surface area contributed by atoms with Gasteiger partial charge in [0.15, 0.2) is 0 Å². The molecule has 2 aromatic rings. The van der Waals surface area contributed by atoms with Crippen LogP contribution < -0.4 is 10.6 Å². The van der Waals surface area contributed by atoms with Crippen molar-refractivity contribution >= 4 is 17.5 Å². The van der Waals surface area contributed by atoms with Crippen molar-refractivity contribution in [2.24, 2.45) is 0 Å². The molecule has 0 unspecified atom stereocenters. The van der Waals surface area contributed by atoms with Gasteiger partial charge in [0.2, 0.25) is 11.8 Å². The lowest BCUT2D eigenvalue weighted by Gasteiger charge is -2.40. The first-order valence-electron chi connectivity index (χ1n) is 9.94. The number of para-hydroxylation sites is 1. The quantitative estimate of drug-likeness (QED) is 0.789. The number of carbonyl (C=O) groups is 2. The van der Waals surface area contributed by atoms with E-state index < -0.39 is 5.54 Å². The molecule has 1 aliphatic heterocycles. The SMILES string of the molecule is CON1CCC(NC(=O)Cc2cc(C)ccc2C)(C(=O)Nc2ccccc2)CC1. The smallest absolute Gasteiger partial charge is 0.250 e. The first-order valence-corrected chi connectivity index (χ1v) is 9.94. The van der Waals surface area contributed by atoms with E-state index in [1.807, 2.05) is 67.4 Å². The highest BCUT2D eigenvalue weighted by atomic mass is 16.7. The van der Waals surface area contributed by atoms with E-state index in [-0.39, 0.29) is 18.2 Å². The predicted molar refractivity (Wildman–Crippen MR) is 113 cm³/mol. The Balaban J connectivity index is 1.77. The van der Waals surface area contributed by atoms with E-state index in [2.05, 4.69) is 10.6 Å². The number of aryl methyl sites for hydroxylation is 2. The summed E-state index contributed by atoms with van der Waals surface area (Å²) in [6.45, 7) is 5.15. The first-order chi connectivity index (χ1) is 13.9. The Labute approximate surface area is 172 Å². The summed E-state index contributed by atoms with van der Waals surface area (Å²) in [6.07, 6.45) is 1.22. The van der Waals surface area contributed by atoms with Crippen molar-refractivity contribution in [2.45, 2.75) is 38.6 Å². The Morgan fingerprint density at radius 3 is 2.41 bits per heavy atom. The van der Waals surface area contributed by atoms with Gasteiger partial charge in [0, 0.05) is 18.8 Å². The van der Waals surface area contributed by atoms with E-state index in [0.29, 0.717) is 25.9 Å². The Kier molecular flexibility index (Phi) is 6.67. The van der Waals surface area contributed by atoms with Crippen LogP contribution in [0.5, 0.6) is 0 Å². The van der Waals surface area contributed by atoms with E-state index in [1.165, 1.54) is 0 Å². The second kappa shape index (κ2) is 9.20. The lowest BCUT2D eigenvalue weighted by atomic mass is 9.86. The van der Waals surface area contributed by atoms with Gasteiger partial charge in [-0.3, -0.25) is 9.59 Å². The highest BCUT2D eigenvalue weighted by Crippen LogP contribution is 2.25. The second-order valence-corrected chi connectivity index (χ2v) is 7.67. The maximum atomic E-state index is 13.2. The predicted octanol–water partition coefficient (Wildman–Crippen LogP) is 3.00. The molecule has 0 saturated carbocycles. The van der Waals surface area contributed by atoms with Gasteiger partial charge in [0.1, 0.15) is 5.54 Å². The molecular weight excluding hydrogens is 366 g/mol. The molecule has 0 bridgehead atoms. The summed E-state index contributed by atoms with van der Waals surface area (Å²) in [5, 5.41) is 7.83. The molecule has 6 nitrogen and oxygen atoms in total. The zero-order valence-corrected chi connectivity index (χ0v) is 17.3. The summed E-state index contributed by atoms with van der Waals surface area (Å²) in [4.78, 5) is 31.4. The largest absolute Gasteiger partial charge is 0.341 e. The number of nitrogens with one attached hydrogen (secondary N) is 2. The van der Waals surface area contributed by atoms with Gasteiger partial charge in [-0.15, -0.1) is 0 Å². The molecule has 2 amide bonds. The topological polar surface area (TPSA) is 70.7 Å². The molecule has 3 rings (SSSR count). The van der Waals surface area contributed by atoms with Crippen molar-refractivity contribution in [3.63, 3.8) is 0 Å². The summed E-state index contributed by atoms with van der Waals surface area (Å²) in [5.74, 6) is -0.332. The van der Waals surface area contributed by atoms with Crippen molar-refractivity contribution < 1.29 is 14.4 Å². The van der Waals surface area contributed by atoms with Crippen LogP contribution >= 0.6 is 0 Å². The molecule has 1 fully saturated rings. The minimum Gasteiger partial charge on any atom is -0.341 e. The number of nitrogens with zero attached hydrogens (tertiary/aromatic N) is 1. The van der Waals surface area contributed by atoms with E-state index in [9.17, 15) is 9.59 Å². The Morgan fingerprint density at radius 2 is 1.76 bits per heavy atom. The third-order valence-corrected chi connectivity index (χ3v) is 5.53. The lowest BCUT2D eigenvalue weighted by molar-refractivity contribution is -0.160. The molecule has 0 atom stereocenters. The number of amides is 2.